The van der Waals surface area contributed by atoms with Crippen molar-refractivity contribution in [2.75, 3.05) is 12.4 Å². The number of nitrogens with zero attached hydrogens (tertiary/aromatic N) is 2. The number of carbonyl (C=O) groups excluding carboxylic acids is 1. The molecule has 0 aliphatic rings. The van der Waals surface area contributed by atoms with Crippen LogP contribution in [0.3, 0.4) is 0 Å². The maximum Gasteiger partial charge on any atom is 0.271 e. The van der Waals surface area contributed by atoms with Crippen LogP contribution in [0.4, 0.5) is 11.4 Å². The summed E-state index contributed by atoms with van der Waals surface area (Å²) >= 11 is 0. The fraction of sp³-hybridized carbons (Fsp3) is 0.111. The molecule has 7 heteroatoms. The number of carbonyl (C=O) groups is 1. The zero-order valence-electron chi connectivity index (χ0n) is 13.6. The Kier molecular flexibility index (Phi) is 5.48. The van der Waals surface area contributed by atoms with Crippen LogP contribution in [0.15, 0.2) is 48.0 Å². The lowest BCUT2D eigenvalue weighted by Gasteiger charge is -2.06. The number of amides is 1. The minimum Gasteiger partial charge on any atom is -0.497 e. The molecule has 25 heavy (non-hydrogen) atoms. The van der Waals surface area contributed by atoms with Crippen molar-refractivity contribution < 1.29 is 14.5 Å². The van der Waals surface area contributed by atoms with Gasteiger partial charge in [-0.3, -0.25) is 14.9 Å². The van der Waals surface area contributed by atoms with Gasteiger partial charge < -0.3 is 10.1 Å². The summed E-state index contributed by atoms with van der Waals surface area (Å²) in [5.41, 5.74) is 1.53. The lowest BCUT2D eigenvalue weighted by Crippen LogP contribution is -2.13. The number of hydrogen-bond donors (Lipinski definition) is 1. The Morgan fingerprint density at radius 2 is 2.08 bits per heavy atom. The van der Waals surface area contributed by atoms with E-state index in [1.54, 1.807) is 25.3 Å². The Bertz CT molecular complexity index is 897. The number of aryl methyl sites for hydroxylation is 1. The van der Waals surface area contributed by atoms with Crippen molar-refractivity contribution in [3.05, 3.63) is 69.3 Å². The lowest BCUT2D eigenvalue weighted by molar-refractivity contribution is -0.384. The molecule has 0 spiro atoms. The lowest BCUT2D eigenvalue weighted by atomic mass is 10.1. The van der Waals surface area contributed by atoms with Gasteiger partial charge in [0.25, 0.3) is 11.6 Å². The molecule has 0 heterocycles. The summed E-state index contributed by atoms with van der Waals surface area (Å²) in [6.45, 7) is 1.84. The van der Waals surface area contributed by atoms with E-state index in [1.165, 1.54) is 30.3 Å². The highest BCUT2D eigenvalue weighted by atomic mass is 16.6. The molecule has 0 atom stereocenters. The van der Waals surface area contributed by atoms with Crippen LogP contribution in [-0.4, -0.2) is 17.9 Å². The number of hydrogen-bond acceptors (Lipinski definition) is 5. The first kappa shape index (κ1) is 17.7. The summed E-state index contributed by atoms with van der Waals surface area (Å²) in [6, 6.07) is 12.6. The number of ether oxygens (including phenoxy) is 1. The summed E-state index contributed by atoms with van der Waals surface area (Å²) < 4.78 is 5.12. The Balaban J connectivity index is 2.26. The predicted octanol–water partition coefficient (Wildman–Crippen LogP) is 3.46. The highest BCUT2D eigenvalue weighted by Gasteiger charge is 2.12. The number of non-ortho nitro benzene ring substituents is 1. The number of nitro benzene ring substituents is 1. The topological polar surface area (TPSA) is 105 Å². The third-order valence-corrected chi connectivity index (χ3v) is 3.46. The standard InChI is InChI=1S/C18H15N3O4/c1-12-8-17(25-2)7-6-13(12)9-14(11-19)18(22)20-15-4-3-5-16(10-15)21(23)24/h3-10H,1-2H3,(H,20,22)/b14-9+. The van der Waals surface area contributed by atoms with Gasteiger partial charge in [-0.1, -0.05) is 12.1 Å². The number of rotatable bonds is 5. The zero-order chi connectivity index (χ0) is 18.4. The number of nitriles is 1. The molecule has 7 nitrogen and oxygen atoms in total. The largest absolute Gasteiger partial charge is 0.497 e. The van der Waals surface area contributed by atoms with Crippen LogP contribution in [0, 0.1) is 28.4 Å². The van der Waals surface area contributed by atoms with Crippen LogP contribution < -0.4 is 10.1 Å². The quantitative estimate of drug-likeness (QED) is 0.389. The molecule has 2 aromatic rings. The molecule has 0 unspecified atom stereocenters. The molecule has 1 amide bonds. The molecule has 0 aliphatic carbocycles. The van der Waals surface area contributed by atoms with Crippen molar-refractivity contribution >= 4 is 23.4 Å². The molecule has 1 N–H and O–H groups in total. The summed E-state index contributed by atoms with van der Waals surface area (Å²) in [4.78, 5) is 22.5. The van der Waals surface area contributed by atoms with E-state index in [1.807, 2.05) is 13.0 Å². The third-order valence-electron chi connectivity index (χ3n) is 3.46. The van der Waals surface area contributed by atoms with Crippen LogP contribution in [0.25, 0.3) is 6.08 Å². The maximum absolute atomic E-state index is 12.3. The number of nitro groups is 1. The van der Waals surface area contributed by atoms with Gasteiger partial charge in [0.1, 0.15) is 17.4 Å². The smallest absolute Gasteiger partial charge is 0.271 e. The van der Waals surface area contributed by atoms with Gasteiger partial charge in [-0.15, -0.1) is 0 Å². The molecule has 0 aliphatic heterocycles. The van der Waals surface area contributed by atoms with Gasteiger partial charge in [-0.05, 0) is 42.3 Å². The second-order valence-corrected chi connectivity index (χ2v) is 5.15. The van der Waals surface area contributed by atoms with Gasteiger partial charge in [0.2, 0.25) is 0 Å². The van der Waals surface area contributed by atoms with E-state index in [9.17, 15) is 20.2 Å². The fourth-order valence-corrected chi connectivity index (χ4v) is 2.14. The first-order valence-corrected chi connectivity index (χ1v) is 7.27. The first-order valence-electron chi connectivity index (χ1n) is 7.27. The molecule has 0 bridgehead atoms. The van der Waals surface area contributed by atoms with Crippen molar-refractivity contribution in [1.29, 1.82) is 5.26 Å². The van der Waals surface area contributed by atoms with Gasteiger partial charge >= 0.3 is 0 Å². The fourth-order valence-electron chi connectivity index (χ4n) is 2.14. The minimum atomic E-state index is -0.641. The van der Waals surface area contributed by atoms with E-state index in [0.29, 0.717) is 11.3 Å². The van der Waals surface area contributed by atoms with Crippen LogP contribution in [0.1, 0.15) is 11.1 Å². The number of anilines is 1. The van der Waals surface area contributed by atoms with Crippen LogP contribution >= 0.6 is 0 Å². The second kappa shape index (κ2) is 7.75. The summed E-state index contributed by atoms with van der Waals surface area (Å²) in [5, 5.41) is 22.5. The highest BCUT2D eigenvalue weighted by Crippen LogP contribution is 2.21. The summed E-state index contributed by atoms with van der Waals surface area (Å²) in [5.74, 6) is 0.0346. The molecule has 0 saturated heterocycles. The third kappa shape index (κ3) is 4.42. The van der Waals surface area contributed by atoms with Gasteiger partial charge in [0, 0.05) is 17.8 Å². The Morgan fingerprint density at radius 3 is 2.68 bits per heavy atom. The number of benzene rings is 2. The molecule has 0 fully saturated rings. The van der Waals surface area contributed by atoms with Crippen molar-refractivity contribution in [2.24, 2.45) is 0 Å². The molecule has 2 rings (SSSR count). The van der Waals surface area contributed by atoms with E-state index >= 15 is 0 Å². The minimum absolute atomic E-state index is 0.111. The Hall–Kier alpha value is -3.66. The van der Waals surface area contributed by atoms with Crippen molar-refractivity contribution in [3.8, 4) is 11.8 Å². The molecule has 126 valence electrons. The average Bonchev–Trinajstić information content (AvgIpc) is 2.60. The van der Waals surface area contributed by atoms with E-state index < -0.39 is 10.8 Å². The zero-order valence-corrected chi connectivity index (χ0v) is 13.6. The summed E-state index contributed by atoms with van der Waals surface area (Å²) in [6.07, 6.45) is 1.46. The van der Waals surface area contributed by atoms with Gasteiger partial charge in [-0.2, -0.15) is 5.26 Å². The van der Waals surface area contributed by atoms with E-state index in [2.05, 4.69) is 5.32 Å². The average molecular weight is 337 g/mol. The number of nitrogens with one attached hydrogen (secondary N) is 1. The van der Waals surface area contributed by atoms with Crippen molar-refractivity contribution in [2.45, 2.75) is 6.92 Å². The predicted molar refractivity (Wildman–Crippen MR) is 93.0 cm³/mol. The molecule has 2 aromatic carbocycles. The van der Waals surface area contributed by atoms with Crippen molar-refractivity contribution in [1.82, 2.24) is 0 Å². The van der Waals surface area contributed by atoms with E-state index in [-0.39, 0.29) is 16.9 Å². The second-order valence-electron chi connectivity index (χ2n) is 5.15. The van der Waals surface area contributed by atoms with Gasteiger partial charge in [-0.25, -0.2) is 0 Å². The Morgan fingerprint density at radius 1 is 1.32 bits per heavy atom. The van der Waals surface area contributed by atoms with Crippen molar-refractivity contribution in [3.63, 3.8) is 0 Å². The summed E-state index contributed by atoms with van der Waals surface area (Å²) in [7, 11) is 1.55. The maximum atomic E-state index is 12.3. The normalized spacial score (nSPS) is 10.7. The van der Waals surface area contributed by atoms with Gasteiger partial charge in [0.05, 0.1) is 12.0 Å². The van der Waals surface area contributed by atoms with E-state index in [4.69, 9.17) is 4.74 Å². The first-order chi connectivity index (χ1) is 11.9. The van der Waals surface area contributed by atoms with Crippen LogP contribution in [0.5, 0.6) is 5.75 Å². The van der Waals surface area contributed by atoms with Crippen LogP contribution in [-0.2, 0) is 4.79 Å². The number of methoxy groups -OCH3 is 1. The molecular formula is C18H15N3O4. The molecule has 0 aromatic heterocycles. The van der Waals surface area contributed by atoms with Crippen LogP contribution in [0.2, 0.25) is 0 Å². The molecular weight excluding hydrogens is 322 g/mol. The molecule has 0 saturated carbocycles. The monoisotopic (exact) mass is 337 g/mol. The highest BCUT2D eigenvalue weighted by molar-refractivity contribution is 6.09. The SMILES string of the molecule is COc1ccc(/C=C(\C#N)C(=O)Nc2cccc([N+](=O)[O-])c2)c(C)c1. The molecule has 0 radical (unpaired) electrons. The van der Waals surface area contributed by atoms with Gasteiger partial charge in [0.15, 0.2) is 0 Å². The Labute approximate surface area is 144 Å². The van der Waals surface area contributed by atoms with E-state index in [0.717, 1.165) is 5.56 Å².